The van der Waals surface area contributed by atoms with Crippen LogP contribution in [0.15, 0.2) is 22.7 Å². The van der Waals surface area contributed by atoms with Gasteiger partial charge in [0.05, 0.1) is 11.1 Å². The molecule has 0 atom stereocenters. The molecule has 1 aliphatic rings. The van der Waals surface area contributed by atoms with Gasteiger partial charge in [-0.2, -0.15) is 0 Å². The van der Waals surface area contributed by atoms with E-state index in [9.17, 15) is 9.59 Å². The average Bonchev–Trinajstić information content (AvgIpc) is 2.32. The van der Waals surface area contributed by atoms with Gasteiger partial charge >= 0.3 is 0 Å². The Morgan fingerprint density at radius 2 is 1.77 bits per heavy atom. The highest BCUT2D eigenvalue weighted by atomic mass is 79.9. The first-order valence-corrected chi connectivity index (χ1v) is 4.28. The molecule has 0 unspecified atom stereocenters. The summed E-state index contributed by atoms with van der Waals surface area (Å²) in [6.07, 6.45) is 0. The van der Waals surface area contributed by atoms with Gasteiger partial charge < -0.3 is 0 Å². The molecule has 2 rings (SSSR count). The van der Waals surface area contributed by atoms with Crippen molar-refractivity contribution in [3.05, 3.63) is 33.8 Å². The number of hydrogen-bond donors (Lipinski definition) is 1. The molecule has 0 spiro atoms. The zero-order chi connectivity index (χ0) is 9.59. The fraction of sp³-hybridized carbons (Fsp3) is 0. The monoisotopic (exact) mass is 241 g/mol. The molecule has 5 heteroatoms. The van der Waals surface area contributed by atoms with Crippen LogP contribution in [0.2, 0.25) is 0 Å². The van der Waals surface area contributed by atoms with Crippen molar-refractivity contribution in [3.63, 3.8) is 0 Å². The highest BCUT2D eigenvalue weighted by molar-refractivity contribution is 9.10. The number of rotatable bonds is 0. The van der Waals surface area contributed by atoms with Gasteiger partial charge in [0.15, 0.2) is 0 Å². The maximum Gasteiger partial charge on any atom is 0.285 e. The van der Waals surface area contributed by atoms with Gasteiger partial charge in [-0.05, 0) is 18.2 Å². The SMILES string of the molecule is O=C1c2ccc(Br)cc2C(=O)N1O. The molecule has 0 aromatic heterocycles. The maximum atomic E-state index is 11.2. The highest BCUT2D eigenvalue weighted by Gasteiger charge is 2.34. The molecule has 0 saturated heterocycles. The van der Waals surface area contributed by atoms with Gasteiger partial charge in [-0.25, -0.2) is 0 Å². The van der Waals surface area contributed by atoms with Crippen LogP contribution in [0.1, 0.15) is 20.7 Å². The fourth-order valence-corrected chi connectivity index (χ4v) is 1.56. The molecule has 1 aliphatic heterocycles. The lowest BCUT2D eigenvalue weighted by molar-refractivity contribution is -0.0327. The summed E-state index contributed by atoms with van der Waals surface area (Å²) in [5.41, 5.74) is 0.456. The number of nitrogens with zero attached hydrogens (tertiary/aromatic N) is 1. The summed E-state index contributed by atoms with van der Waals surface area (Å²) in [6, 6.07) is 4.64. The van der Waals surface area contributed by atoms with Gasteiger partial charge in [0.2, 0.25) is 0 Å². The fourth-order valence-electron chi connectivity index (χ4n) is 1.20. The second kappa shape index (κ2) is 2.65. The van der Waals surface area contributed by atoms with E-state index in [0.29, 0.717) is 4.47 Å². The van der Waals surface area contributed by atoms with E-state index in [1.54, 1.807) is 6.07 Å². The van der Waals surface area contributed by atoms with E-state index in [-0.39, 0.29) is 16.2 Å². The van der Waals surface area contributed by atoms with Crippen LogP contribution in [0, 0.1) is 0 Å². The second-order valence-electron chi connectivity index (χ2n) is 2.61. The van der Waals surface area contributed by atoms with Crippen LogP contribution in [0.25, 0.3) is 0 Å². The molecule has 66 valence electrons. The molecule has 1 heterocycles. The van der Waals surface area contributed by atoms with Crippen LogP contribution < -0.4 is 0 Å². The van der Waals surface area contributed by atoms with Crippen molar-refractivity contribution in [1.29, 1.82) is 0 Å². The van der Waals surface area contributed by atoms with Gasteiger partial charge in [0, 0.05) is 4.47 Å². The number of carbonyl (C=O) groups is 2. The molecule has 13 heavy (non-hydrogen) atoms. The number of carbonyl (C=O) groups excluding carboxylic acids is 2. The van der Waals surface area contributed by atoms with Gasteiger partial charge in [-0.3, -0.25) is 14.8 Å². The number of imide groups is 1. The zero-order valence-corrected chi connectivity index (χ0v) is 7.91. The molecule has 0 aliphatic carbocycles. The summed E-state index contributed by atoms with van der Waals surface area (Å²) in [7, 11) is 0. The molecule has 2 amide bonds. The average molecular weight is 242 g/mol. The van der Waals surface area contributed by atoms with Crippen molar-refractivity contribution in [2.45, 2.75) is 0 Å². The van der Waals surface area contributed by atoms with E-state index in [4.69, 9.17) is 5.21 Å². The number of hydroxylamine groups is 2. The lowest BCUT2D eigenvalue weighted by Crippen LogP contribution is -2.25. The quantitative estimate of drug-likeness (QED) is 0.553. The minimum Gasteiger partial charge on any atom is -0.278 e. The normalized spacial score (nSPS) is 15.1. The van der Waals surface area contributed by atoms with Crippen molar-refractivity contribution < 1.29 is 14.8 Å². The Labute approximate surface area is 81.9 Å². The number of hydrogen-bond acceptors (Lipinski definition) is 3. The van der Waals surface area contributed by atoms with E-state index < -0.39 is 11.8 Å². The number of amides is 2. The first kappa shape index (κ1) is 8.40. The van der Waals surface area contributed by atoms with E-state index in [1.165, 1.54) is 12.1 Å². The Morgan fingerprint density at radius 1 is 1.15 bits per heavy atom. The van der Waals surface area contributed by atoms with Crippen LogP contribution in [-0.4, -0.2) is 22.1 Å². The molecule has 1 aromatic rings. The van der Waals surface area contributed by atoms with Crippen molar-refractivity contribution in [2.75, 3.05) is 0 Å². The molecular weight excluding hydrogens is 238 g/mol. The molecule has 0 radical (unpaired) electrons. The first-order chi connectivity index (χ1) is 6.11. The smallest absolute Gasteiger partial charge is 0.278 e. The maximum absolute atomic E-state index is 11.2. The van der Waals surface area contributed by atoms with E-state index in [1.807, 2.05) is 0 Å². The summed E-state index contributed by atoms with van der Waals surface area (Å²) in [6.45, 7) is 0. The van der Waals surface area contributed by atoms with Crippen LogP contribution in [-0.2, 0) is 0 Å². The predicted molar refractivity (Wildman–Crippen MR) is 46.4 cm³/mol. The summed E-state index contributed by atoms with van der Waals surface area (Å²) < 4.78 is 0.697. The van der Waals surface area contributed by atoms with Crippen molar-refractivity contribution >= 4 is 27.7 Å². The van der Waals surface area contributed by atoms with Crippen LogP contribution in [0.5, 0.6) is 0 Å². The summed E-state index contributed by atoms with van der Waals surface area (Å²) in [5.74, 6) is -1.35. The van der Waals surface area contributed by atoms with Gasteiger partial charge in [-0.1, -0.05) is 15.9 Å². The molecule has 0 fully saturated rings. The first-order valence-electron chi connectivity index (χ1n) is 3.48. The van der Waals surface area contributed by atoms with Crippen LogP contribution in [0.4, 0.5) is 0 Å². The highest BCUT2D eigenvalue weighted by Crippen LogP contribution is 2.24. The lowest BCUT2D eigenvalue weighted by atomic mass is 10.1. The topological polar surface area (TPSA) is 57.6 Å². The number of fused-ring (bicyclic) bond motifs is 1. The summed E-state index contributed by atoms with van der Waals surface area (Å²) in [5, 5.41) is 9.12. The summed E-state index contributed by atoms with van der Waals surface area (Å²) >= 11 is 3.17. The zero-order valence-electron chi connectivity index (χ0n) is 6.32. The molecule has 0 bridgehead atoms. The Balaban J connectivity index is 2.67. The van der Waals surface area contributed by atoms with Gasteiger partial charge in [-0.15, -0.1) is 5.06 Å². The van der Waals surface area contributed by atoms with Crippen LogP contribution in [0.3, 0.4) is 0 Å². The van der Waals surface area contributed by atoms with Crippen molar-refractivity contribution in [1.82, 2.24) is 5.06 Å². The predicted octanol–water partition coefficient (Wildman–Crippen LogP) is 1.43. The third-order valence-electron chi connectivity index (χ3n) is 1.83. The number of benzene rings is 1. The molecular formula is C8H4BrNO3. The Kier molecular flexibility index (Phi) is 1.71. The summed E-state index contributed by atoms with van der Waals surface area (Å²) in [4.78, 5) is 22.4. The lowest BCUT2D eigenvalue weighted by Gasteiger charge is -1.99. The van der Waals surface area contributed by atoms with E-state index in [2.05, 4.69) is 15.9 Å². The third kappa shape index (κ3) is 1.08. The van der Waals surface area contributed by atoms with E-state index >= 15 is 0 Å². The van der Waals surface area contributed by atoms with Gasteiger partial charge in [0.25, 0.3) is 11.8 Å². The molecule has 0 saturated carbocycles. The van der Waals surface area contributed by atoms with Crippen molar-refractivity contribution in [3.8, 4) is 0 Å². The molecule has 4 nitrogen and oxygen atoms in total. The standard InChI is InChI=1S/C8H4BrNO3/c9-4-1-2-5-6(3-4)8(12)10(13)7(5)11/h1-3,13H. The second-order valence-corrected chi connectivity index (χ2v) is 3.53. The Morgan fingerprint density at radius 3 is 2.46 bits per heavy atom. The minimum absolute atomic E-state index is 0.122. The van der Waals surface area contributed by atoms with Crippen LogP contribution >= 0.6 is 15.9 Å². The number of halogens is 1. The molecule has 1 aromatic carbocycles. The van der Waals surface area contributed by atoms with Crippen molar-refractivity contribution in [2.24, 2.45) is 0 Å². The third-order valence-corrected chi connectivity index (χ3v) is 2.32. The molecule has 1 N–H and O–H groups in total. The van der Waals surface area contributed by atoms with E-state index in [0.717, 1.165) is 0 Å². The Hall–Kier alpha value is -1.20. The minimum atomic E-state index is -0.679. The van der Waals surface area contributed by atoms with Gasteiger partial charge in [0.1, 0.15) is 0 Å². The Bertz CT molecular complexity index is 416. The largest absolute Gasteiger partial charge is 0.285 e.